The molecule has 0 atom stereocenters. The van der Waals surface area contributed by atoms with E-state index >= 15 is 0 Å². The van der Waals surface area contributed by atoms with Gasteiger partial charge in [-0.15, -0.1) is 0 Å². The quantitative estimate of drug-likeness (QED) is 0.414. The topological polar surface area (TPSA) is 56.8 Å². The number of hydrogen-bond donors (Lipinski definition) is 0. The van der Waals surface area contributed by atoms with Crippen LogP contribution in [0.5, 0.6) is 0 Å². The zero-order valence-electron chi connectivity index (χ0n) is 11.9. The van der Waals surface area contributed by atoms with Crippen LogP contribution in [0.2, 0.25) is 0 Å². The van der Waals surface area contributed by atoms with E-state index in [1.807, 2.05) is 13.0 Å². The Morgan fingerprint density at radius 1 is 1.00 bits per heavy atom. The van der Waals surface area contributed by atoms with Gasteiger partial charge in [0.2, 0.25) is 0 Å². The number of rotatable bonds is 3. The smallest absolute Gasteiger partial charge is 0.0937 e. The summed E-state index contributed by atoms with van der Waals surface area (Å²) in [6.45, 7) is 23.5. The van der Waals surface area contributed by atoms with Crippen molar-refractivity contribution in [1.29, 1.82) is 10.5 Å². The van der Waals surface area contributed by atoms with Gasteiger partial charge in [0.25, 0.3) is 0 Å². The Hall–Kier alpha value is -2.78. The molecule has 0 aromatic rings. The molecule has 0 saturated carbocycles. The van der Waals surface area contributed by atoms with Crippen LogP contribution in [-0.4, -0.2) is 0 Å². The van der Waals surface area contributed by atoms with Gasteiger partial charge < -0.3 is 4.74 Å². The Morgan fingerprint density at radius 3 is 1.26 bits per heavy atom. The van der Waals surface area contributed by atoms with E-state index in [1.54, 1.807) is 19.1 Å². The lowest BCUT2D eigenvalue weighted by atomic mass is 10.4. The predicted molar refractivity (Wildman–Crippen MR) is 82.7 cm³/mol. The average Bonchev–Trinajstić information content (AvgIpc) is 2.41. The molecule has 0 amide bonds. The van der Waals surface area contributed by atoms with Crippen molar-refractivity contribution in [2.45, 2.75) is 13.8 Å². The molecule has 0 radical (unpaired) electrons. The lowest BCUT2D eigenvalue weighted by Gasteiger charge is -1.76. The van der Waals surface area contributed by atoms with E-state index in [-0.39, 0.29) is 0 Å². The summed E-state index contributed by atoms with van der Waals surface area (Å²) in [5.74, 6) is 0. The summed E-state index contributed by atoms with van der Waals surface area (Å²) in [4.78, 5) is 0. The Bertz CT molecular complexity index is 359. The summed E-state index contributed by atoms with van der Waals surface area (Å²) >= 11 is 0. The van der Waals surface area contributed by atoms with Crippen LogP contribution in [0.15, 0.2) is 75.3 Å². The van der Waals surface area contributed by atoms with Gasteiger partial charge in [-0.3, -0.25) is 0 Å². The van der Waals surface area contributed by atoms with E-state index in [4.69, 9.17) is 10.5 Å². The zero-order chi connectivity index (χ0) is 16.1. The van der Waals surface area contributed by atoms with Crippen LogP contribution in [0.25, 0.3) is 0 Å². The Labute approximate surface area is 117 Å². The first kappa shape index (κ1) is 25.2. The first-order valence-corrected chi connectivity index (χ1v) is 5.09. The molecule has 0 aliphatic carbocycles. The van der Waals surface area contributed by atoms with Gasteiger partial charge in [-0.25, -0.2) is 0 Å². The van der Waals surface area contributed by atoms with Crippen molar-refractivity contribution in [3.8, 4) is 12.1 Å². The second-order valence-electron chi connectivity index (χ2n) is 2.75. The third-order valence-electron chi connectivity index (χ3n) is 0.823. The van der Waals surface area contributed by atoms with Crippen LogP contribution in [-0.2, 0) is 4.74 Å². The molecule has 0 N–H and O–H groups in total. The van der Waals surface area contributed by atoms with Crippen molar-refractivity contribution in [2.24, 2.45) is 0 Å². The second kappa shape index (κ2) is 29.5. The predicted octanol–water partition coefficient (Wildman–Crippen LogP) is 4.82. The van der Waals surface area contributed by atoms with Gasteiger partial charge in [0.05, 0.1) is 24.7 Å². The van der Waals surface area contributed by atoms with E-state index in [0.29, 0.717) is 5.57 Å². The molecular formula is C16H22N2O. The first-order chi connectivity index (χ1) is 8.87. The van der Waals surface area contributed by atoms with Crippen LogP contribution >= 0.6 is 0 Å². The van der Waals surface area contributed by atoms with Gasteiger partial charge in [0.15, 0.2) is 0 Å². The zero-order valence-corrected chi connectivity index (χ0v) is 11.9. The summed E-state index contributed by atoms with van der Waals surface area (Å²) < 4.78 is 4.36. The van der Waals surface area contributed by atoms with Crippen molar-refractivity contribution < 1.29 is 4.74 Å². The molecule has 19 heavy (non-hydrogen) atoms. The van der Waals surface area contributed by atoms with E-state index in [1.165, 1.54) is 18.6 Å². The summed E-state index contributed by atoms with van der Waals surface area (Å²) in [6, 6.07) is 3.53. The number of ether oxygens (including phenoxy) is 1. The average molecular weight is 258 g/mol. The lowest BCUT2D eigenvalue weighted by Crippen LogP contribution is -1.52. The van der Waals surface area contributed by atoms with Crippen LogP contribution in [0.4, 0.5) is 0 Å². The van der Waals surface area contributed by atoms with E-state index in [0.717, 1.165) is 5.57 Å². The fraction of sp³-hybridized carbons (Fsp3) is 0.125. The van der Waals surface area contributed by atoms with Gasteiger partial charge in [-0.1, -0.05) is 51.1 Å². The van der Waals surface area contributed by atoms with E-state index in [2.05, 4.69) is 44.2 Å². The highest BCUT2D eigenvalue weighted by atomic mass is 16.5. The maximum atomic E-state index is 7.79. The molecule has 0 saturated heterocycles. The van der Waals surface area contributed by atoms with Crippen molar-refractivity contribution in [2.75, 3.05) is 0 Å². The molecular weight excluding hydrogens is 236 g/mol. The second-order valence-corrected chi connectivity index (χ2v) is 2.75. The highest BCUT2D eigenvalue weighted by Crippen LogP contribution is 1.81. The van der Waals surface area contributed by atoms with Gasteiger partial charge in [-0.2, -0.15) is 10.5 Å². The molecule has 0 aromatic heterocycles. The largest absolute Gasteiger partial charge is 0.474 e. The van der Waals surface area contributed by atoms with Crippen molar-refractivity contribution >= 4 is 0 Å². The SMILES string of the molecule is C=C(C)C#N.C=CC#N.C=CC(=C)C.C=COC=C. The van der Waals surface area contributed by atoms with E-state index in [9.17, 15) is 0 Å². The Kier molecular flexibility index (Phi) is 39.0. The minimum atomic E-state index is 0.560. The van der Waals surface area contributed by atoms with E-state index < -0.39 is 0 Å². The number of allylic oxidation sites excluding steroid dienone is 4. The molecule has 0 rings (SSSR count). The molecule has 0 heterocycles. The van der Waals surface area contributed by atoms with Crippen molar-refractivity contribution in [3.05, 3.63) is 75.3 Å². The number of hydrogen-bond acceptors (Lipinski definition) is 3. The van der Waals surface area contributed by atoms with Crippen LogP contribution < -0.4 is 0 Å². The number of nitrogens with zero attached hydrogens (tertiary/aromatic N) is 2. The molecule has 0 aliphatic heterocycles. The molecule has 3 nitrogen and oxygen atoms in total. The first-order valence-electron chi connectivity index (χ1n) is 5.09. The molecule has 0 bridgehead atoms. The van der Waals surface area contributed by atoms with Crippen LogP contribution in [0.3, 0.4) is 0 Å². The minimum absolute atomic E-state index is 0.560. The van der Waals surface area contributed by atoms with Gasteiger partial charge in [0, 0.05) is 11.6 Å². The minimum Gasteiger partial charge on any atom is -0.474 e. The summed E-state index contributed by atoms with van der Waals surface area (Å²) in [6.07, 6.45) is 5.53. The highest BCUT2D eigenvalue weighted by molar-refractivity contribution is 5.11. The highest BCUT2D eigenvalue weighted by Gasteiger charge is 1.64. The summed E-state index contributed by atoms with van der Waals surface area (Å²) in [7, 11) is 0. The molecule has 0 unspecified atom stereocenters. The monoisotopic (exact) mass is 258 g/mol. The third kappa shape index (κ3) is 149. The molecule has 0 aromatic carbocycles. The standard InChI is InChI=1S/C5H8.C4H5N.C4H6O.C3H3N/c1-4-5(2)3;1-4(2)3-5;1-3-5-4-2;1-2-3-4/h4H,1-2H2,3H3;1H2,2H3;3-4H,1-2H2;2H,1H2. The summed E-state index contributed by atoms with van der Waals surface area (Å²) in [5.41, 5.74) is 1.58. The molecule has 102 valence electrons. The fourth-order valence-electron chi connectivity index (χ4n) is 0.0680. The van der Waals surface area contributed by atoms with Crippen molar-refractivity contribution in [3.63, 3.8) is 0 Å². The van der Waals surface area contributed by atoms with Gasteiger partial charge >= 0.3 is 0 Å². The third-order valence-corrected chi connectivity index (χ3v) is 0.823. The summed E-state index contributed by atoms with van der Waals surface area (Å²) in [5, 5.41) is 15.3. The lowest BCUT2D eigenvalue weighted by molar-refractivity contribution is 0.406. The molecule has 0 fully saturated rings. The van der Waals surface area contributed by atoms with Crippen molar-refractivity contribution in [1.82, 2.24) is 0 Å². The maximum absolute atomic E-state index is 7.79. The molecule has 0 spiro atoms. The van der Waals surface area contributed by atoms with Gasteiger partial charge in [0.1, 0.15) is 0 Å². The van der Waals surface area contributed by atoms with Crippen LogP contribution in [0.1, 0.15) is 13.8 Å². The number of nitriles is 2. The Morgan fingerprint density at radius 2 is 1.26 bits per heavy atom. The fourth-order valence-corrected chi connectivity index (χ4v) is 0.0680. The van der Waals surface area contributed by atoms with Gasteiger partial charge in [-0.05, 0) is 13.8 Å². The molecule has 0 aliphatic rings. The van der Waals surface area contributed by atoms with Crippen LogP contribution in [0, 0.1) is 22.7 Å². The Balaban J connectivity index is -0.0000000793. The normalized spacial score (nSPS) is 5.47. The maximum Gasteiger partial charge on any atom is 0.0937 e. The molecule has 3 heteroatoms.